The van der Waals surface area contributed by atoms with Gasteiger partial charge < -0.3 is 14.2 Å². The van der Waals surface area contributed by atoms with E-state index >= 15 is 0 Å². The van der Waals surface area contributed by atoms with Gasteiger partial charge in [0.2, 0.25) is 5.91 Å². The molecule has 0 aliphatic rings. The van der Waals surface area contributed by atoms with Gasteiger partial charge in [0.05, 0.1) is 19.3 Å². The summed E-state index contributed by atoms with van der Waals surface area (Å²) in [5, 5.41) is 4.89. The summed E-state index contributed by atoms with van der Waals surface area (Å²) in [6.45, 7) is 4.47. The first kappa shape index (κ1) is 20.1. The lowest BCUT2D eigenvalue weighted by Gasteiger charge is -2.09. The largest absolute Gasteiger partial charge is 0.497 e. The lowest BCUT2D eigenvalue weighted by molar-refractivity contribution is -0.131. The highest BCUT2D eigenvalue weighted by molar-refractivity contribution is 6.06. The van der Waals surface area contributed by atoms with E-state index in [1.54, 1.807) is 44.4 Å². The number of aromatic nitrogens is 2. The third-order valence-electron chi connectivity index (χ3n) is 4.17. The van der Waals surface area contributed by atoms with Crippen LogP contribution in [0.15, 0.2) is 36.4 Å². The molecule has 8 heteroatoms. The van der Waals surface area contributed by atoms with Gasteiger partial charge in [0, 0.05) is 24.8 Å². The number of esters is 2. The summed E-state index contributed by atoms with van der Waals surface area (Å²) >= 11 is 0. The molecule has 3 rings (SSSR count). The quantitative estimate of drug-likeness (QED) is 0.481. The van der Waals surface area contributed by atoms with E-state index in [4.69, 9.17) is 14.2 Å². The number of methoxy groups -OCH3 is 1. The smallest absolute Gasteiger partial charge is 0.338 e. The Balaban J connectivity index is 2.33. The Morgan fingerprint density at radius 1 is 1.07 bits per heavy atom. The molecule has 0 aliphatic carbocycles. The molecule has 0 aliphatic heterocycles. The van der Waals surface area contributed by atoms with Gasteiger partial charge in [0.25, 0.3) is 0 Å². The van der Waals surface area contributed by atoms with Gasteiger partial charge in [-0.3, -0.25) is 9.59 Å². The molecule has 3 aromatic rings. The molecular formula is C21H20N2O6. The number of benzene rings is 2. The number of hydrogen-bond acceptors (Lipinski definition) is 7. The van der Waals surface area contributed by atoms with Crippen molar-refractivity contribution in [2.75, 3.05) is 13.7 Å². The number of nitrogens with zero attached hydrogens (tertiary/aromatic N) is 2. The average molecular weight is 396 g/mol. The Kier molecular flexibility index (Phi) is 5.63. The van der Waals surface area contributed by atoms with Crippen molar-refractivity contribution in [2.45, 2.75) is 20.8 Å². The first-order valence-corrected chi connectivity index (χ1v) is 8.93. The van der Waals surface area contributed by atoms with Crippen molar-refractivity contribution >= 4 is 28.7 Å². The normalized spacial score (nSPS) is 10.6. The van der Waals surface area contributed by atoms with Crippen molar-refractivity contribution in [1.29, 1.82) is 0 Å². The van der Waals surface area contributed by atoms with Gasteiger partial charge in [-0.1, -0.05) is 0 Å². The Bertz CT molecular complexity index is 1100. The minimum atomic E-state index is -0.588. The van der Waals surface area contributed by atoms with E-state index in [2.05, 4.69) is 5.10 Å². The van der Waals surface area contributed by atoms with E-state index in [-0.39, 0.29) is 23.8 Å². The van der Waals surface area contributed by atoms with Crippen LogP contribution in [0.4, 0.5) is 0 Å². The molecule has 29 heavy (non-hydrogen) atoms. The first-order chi connectivity index (χ1) is 13.8. The lowest BCUT2D eigenvalue weighted by Crippen LogP contribution is -2.11. The van der Waals surface area contributed by atoms with Gasteiger partial charge in [-0.25, -0.2) is 4.79 Å². The summed E-state index contributed by atoms with van der Waals surface area (Å²) in [5.41, 5.74) is 1.64. The molecule has 0 atom stereocenters. The van der Waals surface area contributed by atoms with Gasteiger partial charge in [0.1, 0.15) is 17.0 Å². The maximum absolute atomic E-state index is 12.3. The van der Waals surface area contributed by atoms with Crippen LogP contribution in [0.2, 0.25) is 0 Å². The zero-order valence-corrected chi connectivity index (χ0v) is 16.5. The van der Waals surface area contributed by atoms with Crippen molar-refractivity contribution in [3.05, 3.63) is 42.0 Å². The van der Waals surface area contributed by atoms with Gasteiger partial charge in [0.15, 0.2) is 5.75 Å². The zero-order valence-electron chi connectivity index (χ0n) is 16.5. The van der Waals surface area contributed by atoms with Crippen LogP contribution in [0.25, 0.3) is 22.2 Å². The second-order valence-electron chi connectivity index (χ2n) is 6.19. The average Bonchev–Trinajstić information content (AvgIpc) is 3.08. The molecule has 1 heterocycles. The van der Waals surface area contributed by atoms with E-state index in [0.29, 0.717) is 27.9 Å². The lowest BCUT2D eigenvalue weighted by atomic mass is 10.0. The number of hydrogen-bond donors (Lipinski definition) is 0. The molecule has 8 nitrogen and oxygen atoms in total. The van der Waals surface area contributed by atoms with Crippen molar-refractivity contribution in [3.8, 4) is 22.8 Å². The van der Waals surface area contributed by atoms with Gasteiger partial charge in [-0.15, -0.1) is 0 Å². The molecule has 0 unspecified atom stereocenters. The van der Waals surface area contributed by atoms with E-state index in [0.717, 1.165) is 4.68 Å². The summed E-state index contributed by atoms with van der Waals surface area (Å²) in [6, 6.07) is 10.0. The molecule has 0 spiro atoms. The second kappa shape index (κ2) is 8.14. The van der Waals surface area contributed by atoms with Crippen molar-refractivity contribution < 1.29 is 28.6 Å². The topological polar surface area (TPSA) is 96.7 Å². The molecule has 0 amide bonds. The monoisotopic (exact) mass is 396 g/mol. The maximum Gasteiger partial charge on any atom is 0.338 e. The Labute approximate surface area is 167 Å². The molecule has 0 bridgehead atoms. The molecule has 0 fully saturated rings. The molecular weight excluding hydrogens is 376 g/mol. The van der Waals surface area contributed by atoms with Crippen LogP contribution in [0.1, 0.15) is 35.9 Å². The molecule has 1 aromatic heterocycles. The summed E-state index contributed by atoms with van der Waals surface area (Å²) in [5.74, 6) is -0.807. The SMILES string of the molecule is CCOC(=O)c1cc(OC(C)=O)c2c(c1)c(-c1ccc(OC)cc1)nn2C(C)=O. The second-order valence-corrected chi connectivity index (χ2v) is 6.19. The minimum absolute atomic E-state index is 0.0560. The predicted molar refractivity (Wildman–Crippen MR) is 105 cm³/mol. The first-order valence-electron chi connectivity index (χ1n) is 8.93. The van der Waals surface area contributed by atoms with E-state index in [1.165, 1.54) is 19.9 Å². The third-order valence-corrected chi connectivity index (χ3v) is 4.17. The van der Waals surface area contributed by atoms with Gasteiger partial charge in [-0.2, -0.15) is 9.78 Å². The molecule has 0 N–H and O–H groups in total. The molecule has 2 aromatic carbocycles. The fourth-order valence-electron chi connectivity index (χ4n) is 2.97. The number of rotatable bonds is 5. The molecule has 0 radical (unpaired) electrons. The van der Waals surface area contributed by atoms with Gasteiger partial charge in [-0.05, 0) is 43.3 Å². The van der Waals surface area contributed by atoms with Gasteiger partial charge >= 0.3 is 11.9 Å². The van der Waals surface area contributed by atoms with Crippen LogP contribution in [0.5, 0.6) is 11.5 Å². The van der Waals surface area contributed by atoms with Crippen molar-refractivity contribution in [2.24, 2.45) is 0 Å². The molecule has 150 valence electrons. The minimum Gasteiger partial charge on any atom is -0.497 e. The van der Waals surface area contributed by atoms with Crippen molar-refractivity contribution in [3.63, 3.8) is 0 Å². The fourth-order valence-corrected chi connectivity index (χ4v) is 2.97. The predicted octanol–water partition coefficient (Wildman–Crippen LogP) is 3.47. The Morgan fingerprint density at radius 3 is 2.31 bits per heavy atom. The van der Waals surface area contributed by atoms with Crippen molar-refractivity contribution in [1.82, 2.24) is 9.78 Å². The van der Waals surface area contributed by atoms with Crippen LogP contribution in [-0.4, -0.2) is 41.3 Å². The Morgan fingerprint density at radius 2 is 1.76 bits per heavy atom. The number of carbonyl (C=O) groups is 3. The molecule has 0 saturated heterocycles. The van der Waals surface area contributed by atoms with Crippen LogP contribution < -0.4 is 9.47 Å². The number of carbonyl (C=O) groups excluding carboxylic acids is 3. The van der Waals surface area contributed by atoms with Crippen LogP contribution in [0, 0.1) is 0 Å². The van der Waals surface area contributed by atoms with Crippen LogP contribution in [0.3, 0.4) is 0 Å². The summed E-state index contributed by atoms with van der Waals surface area (Å²) in [4.78, 5) is 36.2. The highest BCUT2D eigenvalue weighted by atomic mass is 16.5. The standard InChI is InChI=1S/C21H20N2O6/c1-5-28-21(26)15-10-17-19(14-6-8-16(27-4)9-7-14)22-23(12(2)24)20(17)18(11-15)29-13(3)25/h6-11H,5H2,1-4H3. The fraction of sp³-hybridized carbons (Fsp3) is 0.238. The summed E-state index contributed by atoms with van der Waals surface area (Å²) < 4.78 is 16.7. The number of ether oxygens (including phenoxy) is 3. The van der Waals surface area contributed by atoms with Crippen LogP contribution in [-0.2, 0) is 9.53 Å². The van der Waals surface area contributed by atoms with E-state index in [1.807, 2.05) is 0 Å². The highest BCUT2D eigenvalue weighted by Crippen LogP contribution is 2.36. The number of fused-ring (bicyclic) bond motifs is 1. The van der Waals surface area contributed by atoms with Crippen LogP contribution >= 0.6 is 0 Å². The van der Waals surface area contributed by atoms with E-state index < -0.39 is 11.9 Å². The maximum atomic E-state index is 12.3. The summed E-state index contributed by atoms with van der Waals surface area (Å²) in [7, 11) is 1.56. The Hall–Kier alpha value is -3.68. The third kappa shape index (κ3) is 3.96. The molecule has 0 saturated carbocycles. The van der Waals surface area contributed by atoms with E-state index in [9.17, 15) is 14.4 Å². The highest BCUT2D eigenvalue weighted by Gasteiger charge is 2.23. The summed E-state index contributed by atoms with van der Waals surface area (Å²) in [6.07, 6.45) is 0. The zero-order chi connectivity index (χ0) is 21.1.